The topological polar surface area (TPSA) is 57.7 Å². The minimum Gasteiger partial charge on any atom is -0.340 e. The number of benzene rings is 2. The largest absolute Gasteiger partial charge is 0.340 e. The second-order valence-electron chi connectivity index (χ2n) is 6.80. The summed E-state index contributed by atoms with van der Waals surface area (Å²) in [4.78, 5) is 14.3. The van der Waals surface area contributed by atoms with E-state index >= 15 is 0 Å². The fourth-order valence-electron chi connectivity index (χ4n) is 3.12. The molecule has 2 aromatic rings. The molecule has 0 spiro atoms. The van der Waals surface area contributed by atoms with Crippen LogP contribution in [0.2, 0.25) is 0 Å². The summed E-state index contributed by atoms with van der Waals surface area (Å²) in [5, 5.41) is 0. The Labute approximate surface area is 159 Å². The molecule has 1 saturated heterocycles. The van der Waals surface area contributed by atoms with Crippen molar-refractivity contribution in [3.8, 4) is 0 Å². The van der Waals surface area contributed by atoms with Crippen molar-refractivity contribution in [3.63, 3.8) is 0 Å². The smallest absolute Gasteiger partial charge is 0.243 e. The average molecular weight is 390 g/mol. The third-order valence-corrected chi connectivity index (χ3v) is 6.90. The van der Waals surface area contributed by atoms with E-state index in [1.165, 1.54) is 10.4 Å². The van der Waals surface area contributed by atoms with Crippen molar-refractivity contribution in [2.24, 2.45) is 0 Å². The molecule has 1 heterocycles. The Morgan fingerprint density at radius 3 is 2.30 bits per heavy atom. The third kappa shape index (κ3) is 4.20. The number of sulfonamides is 1. The molecular weight excluding hydrogens is 367 g/mol. The molecule has 7 heteroatoms. The van der Waals surface area contributed by atoms with E-state index in [2.05, 4.69) is 0 Å². The highest BCUT2D eigenvalue weighted by Crippen LogP contribution is 2.21. The van der Waals surface area contributed by atoms with Gasteiger partial charge < -0.3 is 4.90 Å². The fourth-order valence-corrected chi connectivity index (χ4v) is 4.63. The molecule has 0 radical (unpaired) electrons. The van der Waals surface area contributed by atoms with Crippen LogP contribution in [0.3, 0.4) is 0 Å². The Kier molecular flexibility index (Phi) is 5.62. The maximum atomic E-state index is 13.7. The van der Waals surface area contributed by atoms with Gasteiger partial charge in [0.05, 0.1) is 11.3 Å². The van der Waals surface area contributed by atoms with Gasteiger partial charge in [0, 0.05) is 26.2 Å². The van der Waals surface area contributed by atoms with Gasteiger partial charge in [-0.1, -0.05) is 24.3 Å². The van der Waals surface area contributed by atoms with Gasteiger partial charge in [-0.15, -0.1) is 0 Å². The van der Waals surface area contributed by atoms with Crippen LogP contribution < -0.4 is 0 Å². The molecular formula is C20H23FN2O3S. The Hall–Kier alpha value is -2.25. The van der Waals surface area contributed by atoms with E-state index in [9.17, 15) is 17.6 Å². The van der Waals surface area contributed by atoms with Crippen LogP contribution in [0.4, 0.5) is 4.39 Å². The van der Waals surface area contributed by atoms with Crippen molar-refractivity contribution in [1.82, 2.24) is 9.21 Å². The molecule has 0 N–H and O–H groups in total. The quantitative estimate of drug-likeness (QED) is 0.806. The second-order valence-corrected chi connectivity index (χ2v) is 8.74. The van der Waals surface area contributed by atoms with Crippen LogP contribution in [0.15, 0.2) is 47.4 Å². The lowest BCUT2D eigenvalue weighted by atomic mass is 10.1. The van der Waals surface area contributed by atoms with E-state index in [4.69, 9.17) is 0 Å². The zero-order valence-corrected chi connectivity index (χ0v) is 16.3. The maximum absolute atomic E-state index is 13.7. The maximum Gasteiger partial charge on any atom is 0.243 e. The summed E-state index contributed by atoms with van der Waals surface area (Å²) in [5.74, 6) is -0.592. The molecule has 144 valence electrons. The number of halogens is 1. The predicted molar refractivity (Wildman–Crippen MR) is 101 cm³/mol. The standard InChI is InChI=1S/C20H23FN2O3S/c1-15-7-8-18(13-16(15)2)27(25,26)23-11-9-22(10-12-23)20(24)14-17-5-3-4-6-19(17)21/h3-8,13H,9-12,14H2,1-2H3. The van der Waals surface area contributed by atoms with Gasteiger partial charge in [-0.2, -0.15) is 4.31 Å². The molecule has 0 aromatic heterocycles. The lowest BCUT2D eigenvalue weighted by Gasteiger charge is -2.34. The van der Waals surface area contributed by atoms with Crippen LogP contribution >= 0.6 is 0 Å². The predicted octanol–water partition coefficient (Wildman–Crippen LogP) is 2.52. The van der Waals surface area contributed by atoms with Crippen molar-refractivity contribution >= 4 is 15.9 Å². The number of nitrogens with zero attached hydrogens (tertiary/aromatic N) is 2. The van der Waals surface area contributed by atoms with Gasteiger partial charge in [-0.3, -0.25) is 4.79 Å². The number of rotatable bonds is 4. The highest BCUT2D eigenvalue weighted by molar-refractivity contribution is 7.89. The molecule has 1 aliphatic heterocycles. The van der Waals surface area contributed by atoms with E-state index in [-0.39, 0.29) is 30.3 Å². The normalized spacial score (nSPS) is 15.7. The number of amides is 1. The van der Waals surface area contributed by atoms with Gasteiger partial charge in [0.15, 0.2) is 0 Å². The SMILES string of the molecule is Cc1ccc(S(=O)(=O)N2CCN(C(=O)Cc3ccccc3F)CC2)cc1C. The summed E-state index contributed by atoms with van der Waals surface area (Å²) in [6.45, 7) is 4.89. The van der Waals surface area contributed by atoms with Crippen molar-refractivity contribution < 1.29 is 17.6 Å². The summed E-state index contributed by atoms with van der Waals surface area (Å²) in [6.07, 6.45) is -0.0173. The molecule has 27 heavy (non-hydrogen) atoms. The minimum atomic E-state index is -3.58. The second kappa shape index (κ2) is 7.78. The van der Waals surface area contributed by atoms with E-state index in [0.717, 1.165) is 11.1 Å². The Balaban J connectivity index is 1.65. The molecule has 1 aliphatic rings. The highest BCUT2D eigenvalue weighted by atomic mass is 32.2. The van der Waals surface area contributed by atoms with E-state index in [1.807, 2.05) is 13.8 Å². The summed E-state index contributed by atoms with van der Waals surface area (Å²) in [7, 11) is -3.58. The van der Waals surface area contributed by atoms with Gasteiger partial charge >= 0.3 is 0 Å². The zero-order chi connectivity index (χ0) is 19.6. The molecule has 5 nitrogen and oxygen atoms in total. The summed E-state index contributed by atoms with van der Waals surface area (Å²) < 4.78 is 40.8. The van der Waals surface area contributed by atoms with Crippen LogP contribution in [0.25, 0.3) is 0 Å². The number of carbonyl (C=O) groups excluding carboxylic acids is 1. The lowest BCUT2D eigenvalue weighted by Crippen LogP contribution is -2.50. The number of piperazine rings is 1. The number of hydrogen-bond acceptors (Lipinski definition) is 3. The summed E-state index contributed by atoms with van der Waals surface area (Å²) in [6, 6.07) is 11.3. The van der Waals surface area contributed by atoms with Gasteiger partial charge in [0.25, 0.3) is 0 Å². The minimum absolute atomic E-state index is 0.0173. The van der Waals surface area contributed by atoms with E-state index < -0.39 is 15.8 Å². The van der Waals surface area contributed by atoms with Gasteiger partial charge in [0.2, 0.25) is 15.9 Å². The van der Waals surface area contributed by atoms with Crippen LogP contribution in [0.5, 0.6) is 0 Å². The molecule has 3 rings (SSSR count). The molecule has 0 atom stereocenters. The Bertz CT molecular complexity index is 951. The zero-order valence-electron chi connectivity index (χ0n) is 15.5. The van der Waals surface area contributed by atoms with Crippen LogP contribution in [0, 0.1) is 19.7 Å². The molecule has 0 unspecified atom stereocenters. The molecule has 2 aromatic carbocycles. The highest BCUT2D eigenvalue weighted by Gasteiger charge is 2.30. The first-order chi connectivity index (χ1) is 12.8. The Morgan fingerprint density at radius 1 is 1.00 bits per heavy atom. The molecule has 0 saturated carbocycles. The average Bonchev–Trinajstić information content (AvgIpc) is 2.65. The van der Waals surface area contributed by atoms with E-state index in [0.29, 0.717) is 18.7 Å². The Morgan fingerprint density at radius 2 is 1.67 bits per heavy atom. The first kappa shape index (κ1) is 19.5. The summed E-state index contributed by atoms with van der Waals surface area (Å²) in [5.41, 5.74) is 2.32. The van der Waals surface area contributed by atoms with Gasteiger partial charge in [-0.25, -0.2) is 12.8 Å². The summed E-state index contributed by atoms with van der Waals surface area (Å²) >= 11 is 0. The van der Waals surface area contributed by atoms with Gasteiger partial charge in [-0.05, 0) is 48.7 Å². The molecule has 0 bridgehead atoms. The first-order valence-corrected chi connectivity index (χ1v) is 10.3. The fraction of sp³-hybridized carbons (Fsp3) is 0.350. The number of aryl methyl sites for hydroxylation is 2. The van der Waals surface area contributed by atoms with Crippen molar-refractivity contribution in [3.05, 3.63) is 65.0 Å². The van der Waals surface area contributed by atoms with Crippen LogP contribution in [0.1, 0.15) is 16.7 Å². The monoisotopic (exact) mass is 390 g/mol. The molecule has 1 amide bonds. The van der Waals surface area contributed by atoms with Crippen LogP contribution in [-0.4, -0.2) is 49.7 Å². The number of hydrogen-bond donors (Lipinski definition) is 0. The van der Waals surface area contributed by atoms with Crippen molar-refractivity contribution in [1.29, 1.82) is 0 Å². The van der Waals surface area contributed by atoms with Crippen molar-refractivity contribution in [2.75, 3.05) is 26.2 Å². The lowest BCUT2D eigenvalue weighted by molar-refractivity contribution is -0.131. The van der Waals surface area contributed by atoms with Crippen molar-refractivity contribution in [2.45, 2.75) is 25.2 Å². The molecule has 0 aliphatic carbocycles. The van der Waals surface area contributed by atoms with E-state index in [1.54, 1.807) is 41.3 Å². The van der Waals surface area contributed by atoms with Gasteiger partial charge in [0.1, 0.15) is 5.82 Å². The third-order valence-electron chi connectivity index (χ3n) is 5.01. The first-order valence-electron chi connectivity index (χ1n) is 8.87. The molecule has 1 fully saturated rings. The number of carbonyl (C=O) groups is 1. The van der Waals surface area contributed by atoms with Crippen LogP contribution in [-0.2, 0) is 21.2 Å².